The third kappa shape index (κ3) is 23.4. The molecule has 0 aromatic heterocycles. The van der Waals surface area contributed by atoms with E-state index in [0.29, 0.717) is 0 Å². The van der Waals surface area contributed by atoms with E-state index in [-0.39, 0.29) is 0 Å². The molecule has 0 bridgehead atoms. The van der Waals surface area contributed by atoms with Gasteiger partial charge in [0.25, 0.3) is 0 Å². The predicted molar refractivity (Wildman–Crippen MR) is 126 cm³/mol. The van der Waals surface area contributed by atoms with E-state index >= 15 is 0 Å². The van der Waals surface area contributed by atoms with Crippen LogP contribution >= 0.6 is 0 Å². The van der Waals surface area contributed by atoms with Gasteiger partial charge in [-0.25, -0.2) is 0 Å². The van der Waals surface area contributed by atoms with Crippen molar-refractivity contribution in [1.29, 1.82) is 0 Å². The normalized spacial score (nSPS) is 13.8. The molecule has 0 radical (unpaired) electrons. The maximum atomic E-state index is 3.61. The number of allylic oxidation sites excluding steroid dienone is 19. The molecule has 0 aromatic rings. The van der Waals surface area contributed by atoms with Crippen LogP contribution in [-0.2, 0) is 0 Å². The smallest absolute Gasteiger partial charge is 0.0348 e. The standard InChI is InChI=1S/C27H36/c1-3-5-7-9-11-13-15-17-19-21-23-25-27-26-24-22-20-18-16-14-12-10-8-6-4-2/h3,5,7,9,11,13,15-27H,1,4,6,8,10,12,14H2,2H3. The summed E-state index contributed by atoms with van der Waals surface area (Å²) in [5.41, 5.74) is 0. The highest BCUT2D eigenvalue weighted by atomic mass is 13.9. The van der Waals surface area contributed by atoms with Gasteiger partial charge >= 0.3 is 0 Å². The second-order valence-corrected chi connectivity index (χ2v) is 5.95. The van der Waals surface area contributed by atoms with Crippen molar-refractivity contribution in [3.8, 4) is 0 Å². The SMILES string of the molecule is C=CC=CC=CC=CC=CC=CC=CC=CC=CC=CCCCCCCC. The van der Waals surface area contributed by atoms with E-state index in [2.05, 4.69) is 37.8 Å². The van der Waals surface area contributed by atoms with Crippen LogP contribution in [0.4, 0.5) is 0 Å². The second-order valence-electron chi connectivity index (χ2n) is 5.95. The molecular formula is C27H36. The lowest BCUT2D eigenvalue weighted by Crippen LogP contribution is -1.75. The van der Waals surface area contributed by atoms with Crippen molar-refractivity contribution in [1.82, 2.24) is 0 Å². The van der Waals surface area contributed by atoms with Crippen LogP contribution in [0.1, 0.15) is 45.4 Å². The minimum absolute atomic E-state index is 1.19. The van der Waals surface area contributed by atoms with Crippen molar-refractivity contribution >= 4 is 0 Å². The van der Waals surface area contributed by atoms with Crippen LogP contribution in [0.25, 0.3) is 0 Å². The first kappa shape index (κ1) is 24.4. The van der Waals surface area contributed by atoms with E-state index in [1.54, 1.807) is 6.08 Å². The highest BCUT2D eigenvalue weighted by molar-refractivity contribution is 5.22. The molecule has 0 aliphatic carbocycles. The third-order valence-corrected chi connectivity index (χ3v) is 3.52. The average molecular weight is 361 g/mol. The first-order valence-electron chi connectivity index (χ1n) is 10.0. The summed E-state index contributed by atoms with van der Waals surface area (Å²) >= 11 is 0. The molecule has 0 aromatic carbocycles. The summed E-state index contributed by atoms with van der Waals surface area (Å²) in [5, 5.41) is 0. The van der Waals surface area contributed by atoms with Crippen molar-refractivity contribution in [2.75, 3.05) is 0 Å². The molecule has 0 amide bonds. The minimum atomic E-state index is 1.19. The number of unbranched alkanes of at least 4 members (excludes halogenated alkanes) is 5. The van der Waals surface area contributed by atoms with Gasteiger partial charge in [-0.3, -0.25) is 0 Å². The van der Waals surface area contributed by atoms with Crippen LogP contribution in [0.15, 0.2) is 122 Å². The Bertz CT molecular complexity index is 584. The minimum Gasteiger partial charge on any atom is -0.0991 e. The Morgan fingerprint density at radius 3 is 1.22 bits per heavy atom. The predicted octanol–water partition coefficient (Wildman–Crippen LogP) is 8.54. The molecule has 0 saturated carbocycles. The largest absolute Gasteiger partial charge is 0.0991 e. The van der Waals surface area contributed by atoms with Gasteiger partial charge in [0, 0.05) is 0 Å². The van der Waals surface area contributed by atoms with Gasteiger partial charge < -0.3 is 0 Å². The first-order chi connectivity index (χ1) is 13.4. The van der Waals surface area contributed by atoms with Crippen molar-refractivity contribution in [3.05, 3.63) is 122 Å². The number of rotatable bonds is 15. The molecule has 0 N–H and O–H groups in total. The molecule has 0 spiro atoms. The molecule has 0 heteroatoms. The van der Waals surface area contributed by atoms with Crippen molar-refractivity contribution in [3.63, 3.8) is 0 Å². The zero-order valence-electron chi connectivity index (χ0n) is 16.9. The molecule has 0 heterocycles. The summed E-state index contributed by atoms with van der Waals surface area (Å²) in [4.78, 5) is 0. The Balaban J connectivity index is 3.76. The van der Waals surface area contributed by atoms with Crippen LogP contribution in [0.5, 0.6) is 0 Å². The molecule has 0 atom stereocenters. The topological polar surface area (TPSA) is 0 Å². The Hall–Kier alpha value is -2.60. The summed E-state index contributed by atoms with van der Waals surface area (Å²) in [6.07, 6.45) is 46.1. The van der Waals surface area contributed by atoms with Crippen molar-refractivity contribution < 1.29 is 0 Å². The first-order valence-corrected chi connectivity index (χ1v) is 10.0. The highest BCUT2D eigenvalue weighted by Crippen LogP contribution is 2.05. The Labute approximate surface area is 167 Å². The Morgan fingerprint density at radius 2 is 0.815 bits per heavy atom. The van der Waals surface area contributed by atoms with E-state index in [1.165, 1.54) is 38.5 Å². The van der Waals surface area contributed by atoms with Crippen LogP contribution in [0.3, 0.4) is 0 Å². The van der Waals surface area contributed by atoms with Crippen LogP contribution in [0.2, 0.25) is 0 Å². The van der Waals surface area contributed by atoms with Crippen molar-refractivity contribution in [2.45, 2.75) is 45.4 Å². The molecule has 0 fully saturated rings. The average Bonchev–Trinajstić information content (AvgIpc) is 2.68. The van der Waals surface area contributed by atoms with E-state index in [4.69, 9.17) is 0 Å². The van der Waals surface area contributed by atoms with Gasteiger partial charge in [0.1, 0.15) is 0 Å². The zero-order chi connectivity index (χ0) is 19.7. The molecule has 0 rings (SSSR count). The van der Waals surface area contributed by atoms with Gasteiger partial charge in [-0.2, -0.15) is 0 Å². The molecule has 27 heavy (non-hydrogen) atoms. The lowest BCUT2D eigenvalue weighted by molar-refractivity contribution is 0.637. The quantitative estimate of drug-likeness (QED) is 0.203. The fraction of sp³-hybridized carbons (Fsp3) is 0.259. The van der Waals surface area contributed by atoms with Gasteiger partial charge in [0.2, 0.25) is 0 Å². The fourth-order valence-electron chi connectivity index (χ4n) is 2.08. The molecule has 0 aliphatic heterocycles. The molecule has 0 saturated heterocycles. The fourth-order valence-corrected chi connectivity index (χ4v) is 2.08. The molecule has 0 aliphatic rings. The maximum absolute atomic E-state index is 3.61. The summed E-state index contributed by atoms with van der Waals surface area (Å²) in [6, 6.07) is 0. The highest BCUT2D eigenvalue weighted by Gasteiger charge is 1.85. The van der Waals surface area contributed by atoms with E-state index in [0.717, 1.165) is 0 Å². The van der Waals surface area contributed by atoms with Gasteiger partial charge in [0.05, 0.1) is 0 Å². The Morgan fingerprint density at radius 1 is 0.444 bits per heavy atom. The molecule has 0 unspecified atom stereocenters. The van der Waals surface area contributed by atoms with Gasteiger partial charge in [-0.05, 0) is 12.8 Å². The van der Waals surface area contributed by atoms with Gasteiger partial charge in [0.15, 0.2) is 0 Å². The number of hydrogen-bond donors (Lipinski definition) is 0. The van der Waals surface area contributed by atoms with Gasteiger partial charge in [-0.15, -0.1) is 0 Å². The van der Waals surface area contributed by atoms with E-state index in [1.807, 2.05) is 85.1 Å². The summed E-state index contributed by atoms with van der Waals surface area (Å²) in [7, 11) is 0. The Kier molecular flexibility index (Phi) is 21.1. The van der Waals surface area contributed by atoms with Crippen LogP contribution in [0, 0.1) is 0 Å². The monoisotopic (exact) mass is 360 g/mol. The molecule has 0 nitrogen and oxygen atoms in total. The van der Waals surface area contributed by atoms with Gasteiger partial charge in [-0.1, -0.05) is 155 Å². The lowest BCUT2D eigenvalue weighted by Gasteiger charge is -1.95. The maximum Gasteiger partial charge on any atom is -0.0348 e. The van der Waals surface area contributed by atoms with E-state index < -0.39 is 0 Å². The second kappa shape index (κ2) is 23.4. The summed E-state index contributed by atoms with van der Waals surface area (Å²) in [6.45, 7) is 5.87. The summed E-state index contributed by atoms with van der Waals surface area (Å²) < 4.78 is 0. The molecular weight excluding hydrogens is 324 g/mol. The number of hydrogen-bond acceptors (Lipinski definition) is 0. The zero-order valence-corrected chi connectivity index (χ0v) is 16.9. The third-order valence-electron chi connectivity index (χ3n) is 3.52. The van der Waals surface area contributed by atoms with Crippen LogP contribution in [-0.4, -0.2) is 0 Å². The van der Waals surface area contributed by atoms with Crippen molar-refractivity contribution in [2.24, 2.45) is 0 Å². The van der Waals surface area contributed by atoms with Crippen LogP contribution < -0.4 is 0 Å². The van der Waals surface area contributed by atoms with E-state index in [9.17, 15) is 0 Å². The summed E-state index contributed by atoms with van der Waals surface area (Å²) in [5.74, 6) is 0. The molecule has 144 valence electrons. The lowest BCUT2D eigenvalue weighted by atomic mass is 10.1.